The van der Waals surface area contributed by atoms with E-state index in [1.807, 2.05) is 26.2 Å². The second-order valence-corrected chi connectivity index (χ2v) is 6.92. The molecule has 3 rings (SSSR count). The molecule has 1 aliphatic heterocycles. The lowest BCUT2D eigenvalue weighted by Crippen LogP contribution is -2.36. The van der Waals surface area contributed by atoms with Crippen LogP contribution in [0.4, 0.5) is 9.93 Å². The van der Waals surface area contributed by atoms with Crippen molar-refractivity contribution in [3.63, 3.8) is 0 Å². The minimum Gasteiger partial charge on any atom is -0.375 e. The lowest BCUT2D eigenvalue weighted by atomic mass is 10.1. The van der Waals surface area contributed by atoms with Crippen molar-refractivity contribution in [2.24, 2.45) is 7.05 Å². The van der Waals surface area contributed by atoms with Crippen LogP contribution in [-0.2, 0) is 31.2 Å². The molecule has 0 fully saturated rings. The van der Waals surface area contributed by atoms with E-state index in [2.05, 4.69) is 26.3 Å². The third-order valence-corrected chi connectivity index (χ3v) is 4.96. The Hall–Kier alpha value is -1.86. The summed E-state index contributed by atoms with van der Waals surface area (Å²) in [6.07, 6.45) is 4.69. The van der Waals surface area contributed by atoms with Crippen LogP contribution in [0.1, 0.15) is 29.6 Å². The number of carbonyl (C=O) groups is 1. The number of fused-ring (bicyclic) bond motifs is 1. The number of anilines is 1. The van der Waals surface area contributed by atoms with Gasteiger partial charge in [0.2, 0.25) is 0 Å². The van der Waals surface area contributed by atoms with Crippen molar-refractivity contribution in [2.45, 2.75) is 38.8 Å². The molecule has 1 atom stereocenters. The fourth-order valence-corrected chi connectivity index (χ4v) is 3.57. The molecule has 1 aliphatic rings. The van der Waals surface area contributed by atoms with Crippen LogP contribution in [0, 0.1) is 0 Å². The number of hydrogen-bond acceptors (Lipinski definition) is 4. The van der Waals surface area contributed by atoms with Gasteiger partial charge in [-0.3, -0.25) is 5.32 Å². The summed E-state index contributed by atoms with van der Waals surface area (Å²) in [6.45, 7) is 3.32. The molecule has 0 aromatic carbocycles. The second-order valence-electron chi connectivity index (χ2n) is 5.84. The third-order valence-electron chi connectivity index (χ3n) is 3.98. The summed E-state index contributed by atoms with van der Waals surface area (Å²) in [5, 5.41) is 6.44. The number of nitrogens with one attached hydrogen (secondary N) is 2. The lowest BCUT2D eigenvalue weighted by molar-refractivity contribution is 0.112. The molecule has 6 nitrogen and oxygen atoms in total. The highest BCUT2D eigenvalue weighted by Gasteiger charge is 2.17. The van der Waals surface area contributed by atoms with E-state index in [-0.39, 0.29) is 12.1 Å². The van der Waals surface area contributed by atoms with Crippen LogP contribution >= 0.6 is 11.3 Å². The van der Waals surface area contributed by atoms with Gasteiger partial charge >= 0.3 is 6.03 Å². The van der Waals surface area contributed by atoms with Gasteiger partial charge in [-0.15, -0.1) is 0 Å². The summed E-state index contributed by atoms with van der Waals surface area (Å²) in [5.41, 5.74) is 2.32. The number of carbonyl (C=O) groups excluding carboxylic acids is 1. The Morgan fingerprint density at radius 1 is 1.57 bits per heavy atom. The van der Waals surface area contributed by atoms with E-state index in [0.717, 1.165) is 29.8 Å². The number of rotatable bonds is 5. The second kappa shape index (κ2) is 7.14. The quantitative estimate of drug-likeness (QED) is 0.883. The van der Waals surface area contributed by atoms with Crippen LogP contribution in [0.15, 0.2) is 18.3 Å². The van der Waals surface area contributed by atoms with Gasteiger partial charge in [0.25, 0.3) is 0 Å². The maximum Gasteiger partial charge on any atom is 0.321 e. The van der Waals surface area contributed by atoms with Crippen LogP contribution in [0.5, 0.6) is 0 Å². The number of nitrogens with zero attached hydrogens (tertiary/aromatic N) is 2. The van der Waals surface area contributed by atoms with Crippen LogP contribution in [0.25, 0.3) is 0 Å². The number of urea groups is 1. The van der Waals surface area contributed by atoms with Crippen molar-refractivity contribution in [3.8, 4) is 0 Å². The topological polar surface area (TPSA) is 68.2 Å². The van der Waals surface area contributed by atoms with E-state index in [4.69, 9.17) is 4.74 Å². The van der Waals surface area contributed by atoms with E-state index < -0.39 is 0 Å². The van der Waals surface area contributed by atoms with Crippen LogP contribution < -0.4 is 10.6 Å². The molecular formula is C16H22N4O2S. The fraction of sp³-hybridized carbons (Fsp3) is 0.500. The maximum atomic E-state index is 12.1. The van der Waals surface area contributed by atoms with Crippen molar-refractivity contribution in [1.82, 2.24) is 14.9 Å². The third kappa shape index (κ3) is 4.11. The molecule has 0 saturated heterocycles. The van der Waals surface area contributed by atoms with Gasteiger partial charge in [-0.25, -0.2) is 9.78 Å². The van der Waals surface area contributed by atoms with E-state index in [1.54, 1.807) is 0 Å². The Morgan fingerprint density at radius 2 is 2.43 bits per heavy atom. The number of ether oxygens (including phenoxy) is 1. The molecule has 2 aromatic rings. The van der Waals surface area contributed by atoms with Crippen molar-refractivity contribution in [3.05, 3.63) is 34.6 Å². The van der Waals surface area contributed by atoms with Gasteiger partial charge in [0.05, 0.1) is 23.8 Å². The number of hydrogen-bond donors (Lipinski definition) is 2. The molecule has 2 aromatic heterocycles. The number of amides is 2. The van der Waals surface area contributed by atoms with Gasteiger partial charge in [0.1, 0.15) is 0 Å². The molecule has 0 unspecified atom stereocenters. The number of aryl methyl sites for hydroxylation is 2. The first kappa shape index (κ1) is 16.0. The van der Waals surface area contributed by atoms with Gasteiger partial charge in [-0.05, 0) is 31.9 Å². The van der Waals surface area contributed by atoms with E-state index >= 15 is 0 Å². The average Bonchev–Trinajstić information content (AvgIpc) is 3.10. The van der Waals surface area contributed by atoms with Crippen LogP contribution in [0.2, 0.25) is 0 Å². The highest BCUT2D eigenvalue weighted by Crippen LogP contribution is 2.26. The van der Waals surface area contributed by atoms with Crippen molar-refractivity contribution < 1.29 is 9.53 Å². The molecule has 23 heavy (non-hydrogen) atoms. The van der Waals surface area contributed by atoms with Gasteiger partial charge < -0.3 is 14.6 Å². The molecular weight excluding hydrogens is 312 g/mol. The van der Waals surface area contributed by atoms with Crippen LogP contribution in [-0.4, -0.2) is 28.2 Å². The van der Waals surface area contributed by atoms with E-state index in [0.29, 0.717) is 18.3 Å². The predicted molar refractivity (Wildman–Crippen MR) is 90.8 cm³/mol. The molecule has 0 radical (unpaired) electrons. The Bertz CT molecular complexity index is 656. The average molecular weight is 334 g/mol. The molecule has 7 heteroatoms. The van der Waals surface area contributed by atoms with Crippen LogP contribution in [0.3, 0.4) is 0 Å². The fourth-order valence-electron chi connectivity index (χ4n) is 2.63. The summed E-state index contributed by atoms with van der Waals surface area (Å²) < 4.78 is 7.50. The smallest absolute Gasteiger partial charge is 0.321 e. The Kier molecular flexibility index (Phi) is 4.97. The molecule has 3 heterocycles. The minimum absolute atomic E-state index is 0.0998. The largest absolute Gasteiger partial charge is 0.375 e. The summed E-state index contributed by atoms with van der Waals surface area (Å²) in [5.74, 6) is 0. The molecule has 124 valence electrons. The Balaban J connectivity index is 1.47. The minimum atomic E-state index is -0.198. The van der Waals surface area contributed by atoms with Crippen molar-refractivity contribution in [1.29, 1.82) is 0 Å². The Morgan fingerprint density at radius 3 is 3.17 bits per heavy atom. The highest BCUT2D eigenvalue weighted by atomic mass is 32.1. The summed E-state index contributed by atoms with van der Waals surface area (Å²) >= 11 is 1.49. The SMILES string of the molecule is C[C@@H](CCc1cccn1C)NC(=O)Nc1nc2c(s1)COCC2. The molecule has 0 spiro atoms. The first-order valence-corrected chi connectivity index (χ1v) is 8.67. The molecule has 0 aliphatic carbocycles. The Labute approximate surface area is 139 Å². The summed E-state index contributed by atoms with van der Waals surface area (Å²) in [4.78, 5) is 17.6. The highest BCUT2D eigenvalue weighted by molar-refractivity contribution is 7.15. The molecule has 0 bridgehead atoms. The monoisotopic (exact) mass is 334 g/mol. The number of aromatic nitrogens is 2. The van der Waals surface area contributed by atoms with Crippen molar-refractivity contribution in [2.75, 3.05) is 11.9 Å². The van der Waals surface area contributed by atoms with Gasteiger partial charge in [0, 0.05) is 31.4 Å². The van der Waals surface area contributed by atoms with E-state index in [1.165, 1.54) is 17.0 Å². The van der Waals surface area contributed by atoms with E-state index in [9.17, 15) is 4.79 Å². The summed E-state index contributed by atoms with van der Waals surface area (Å²) in [7, 11) is 2.04. The van der Waals surface area contributed by atoms with Crippen molar-refractivity contribution >= 4 is 22.5 Å². The van der Waals surface area contributed by atoms with Gasteiger partial charge in [-0.1, -0.05) is 11.3 Å². The lowest BCUT2D eigenvalue weighted by Gasteiger charge is -2.14. The maximum absolute atomic E-state index is 12.1. The van der Waals surface area contributed by atoms with Gasteiger partial charge in [-0.2, -0.15) is 0 Å². The predicted octanol–water partition coefficient (Wildman–Crippen LogP) is 2.70. The molecule has 2 amide bonds. The normalized spacial score (nSPS) is 15.0. The standard InChI is InChI=1S/C16H22N4O2S/c1-11(5-6-12-4-3-8-20(12)2)17-15(21)19-16-18-13-7-9-22-10-14(13)23-16/h3-4,8,11H,5-7,9-10H2,1-2H3,(H2,17,18,19,21)/t11-/m0/s1. The first-order chi connectivity index (χ1) is 11.1. The zero-order valence-corrected chi connectivity index (χ0v) is 14.3. The summed E-state index contributed by atoms with van der Waals surface area (Å²) in [6, 6.07) is 4.04. The molecule has 0 saturated carbocycles. The number of thiazole rings is 1. The zero-order chi connectivity index (χ0) is 16.2. The zero-order valence-electron chi connectivity index (χ0n) is 13.5. The molecule has 2 N–H and O–H groups in total. The van der Waals surface area contributed by atoms with Gasteiger partial charge in [0.15, 0.2) is 5.13 Å². The first-order valence-electron chi connectivity index (χ1n) is 7.86.